The molecule has 0 aliphatic heterocycles. The molecule has 0 aliphatic carbocycles. The molecule has 1 aromatic rings. The van der Waals surface area contributed by atoms with Crippen LogP contribution in [0.15, 0.2) is 6.07 Å². The molecule has 1 N–H and O–H groups in total. The fraction of sp³-hybridized carbons (Fsp3) is 0.333. The van der Waals surface area contributed by atoms with E-state index in [1.807, 2.05) is 6.92 Å². The van der Waals surface area contributed by atoms with Crippen molar-refractivity contribution in [2.24, 2.45) is 0 Å². The van der Waals surface area contributed by atoms with Crippen LogP contribution in [-0.2, 0) is 11.2 Å². The molecule has 14 heavy (non-hydrogen) atoms. The predicted octanol–water partition coefficient (Wildman–Crippen LogP) is 2.62. The summed E-state index contributed by atoms with van der Waals surface area (Å²) in [6.07, 6.45) is 0.300. The lowest BCUT2D eigenvalue weighted by molar-refractivity contribution is -0.135. The van der Waals surface area contributed by atoms with Crippen LogP contribution in [-0.4, -0.2) is 16.9 Å². The topological polar surface area (TPSA) is 54.4 Å². The maximum Gasteiger partial charge on any atom is 0.311 e. The van der Waals surface area contributed by atoms with Gasteiger partial charge in [-0.25, -0.2) is 0 Å². The van der Waals surface area contributed by atoms with Crippen LogP contribution in [0, 0.1) is 0 Å². The number of carboxylic acid groups (broad SMARTS) is 1. The van der Waals surface area contributed by atoms with Gasteiger partial charge < -0.3 is 5.11 Å². The van der Waals surface area contributed by atoms with E-state index in [4.69, 9.17) is 16.7 Å². The van der Waals surface area contributed by atoms with Gasteiger partial charge in [-0.15, -0.1) is 11.3 Å². The maximum atomic E-state index is 11.4. The highest BCUT2D eigenvalue weighted by Gasteiger charge is 2.16. The van der Waals surface area contributed by atoms with Crippen molar-refractivity contribution < 1.29 is 14.7 Å². The number of carboxylic acids is 1. The van der Waals surface area contributed by atoms with Gasteiger partial charge in [0.1, 0.15) is 6.42 Å². The second-order valence-electron chi connectivity index (χ2n) is 2.74. The first-order chi connectivity index (χ1) is 6.54. The number of hydrogen-bond acceptors (Lipinski definition) is 3. The van der Waals surface area contributed by atoms with E-state index in [0.29, 0.717) is 9.90 Å². The van der Waals surface area contributed by atoms with Gasteiger partial charge in [0.25, 0.3) is 0 Å². The summed E-state index contributed by atoms with van der Waals surface area (Å²) in [5.41, 5.74) is 0. The fourth-order valence-electron chi connectivity index (χ4n) is 0.998. The summed E-state index contributed by atoms with van der Waals surface area (Å²) in [6.45, 7) is 1.95. The monoisotopic (exact) mass is 232 g/mol. The van der Waals surface area contributed by atoms with Crippen molar-refractivity contribution in [1.82, 2.24) is 0 Å². The quantitative estimate of drug-likeness (QED) is 0.641. The number of carbonyl (C=O) groups is 2. The summed E-state index contributed by atoms with van der Waals surface area (Å²) in [5.74, 6) is -1.55. The van der Waals surface area contributed by atoms with Crippen molar-refractivity contribution in [3.63, 3.8) is 0 Å². The SMILES string of the molecule is CCc1cc(Cl)c(C(=O)CC(=O)O)s1. The largest absolute Gasteiger partial charge is 0.481 e. The summed E-state index contributed by atoms with van der Waals surface area (Å²) in [4.78, 5) is 23.0. The van der Waals surface area contributed by atoms with Gasteiger partial charge in [0.05, 0.1) is 9.90 Å². The molecule has 1 rings (SSSR count). The van der Waals surface area contributed by atoms with Gasteiger partial charge in [-0.2, -0.15) is 0 Å². The molecule has 76 valence electrons. The summed E-state index contributed by atoms with van der Waals surface area (Å²) >= 11 is 7.06. The molecule has 0 radical (unpaired) electrons. The number of Topliss-reactive ketones (excluding diaryl/α,β-unsaturated/α-hetero) is 1. The first-order valence-corrected chi connectivity index (χ1v) is 5.27. The van der Waals surface area contributed by atoms with E-state index >= 15 is 0 Å². The molecule has 5 heteroatoms. The molecule has 0 spiro atoms. The molecular formula is C9H9ClO3S. The third-order valence-electron chi connectivity index (χ3n) is 1.65. The standard InChI is InChI=1S/C9H9ClO3S/c1-2-5-3-6(10)9(14-5)7(11)4-8(12)13/h3H,2,4H2,1H3,(H,12,13). The molecule has 3 nitrogen and oxygen atoms in total. The minimum absolute atomic E-state index is 0.353. The second-order valence-corrected chi connectivity index (χ2v) is 4.28. The van der Waals surface area contributed by atoms with Gasteiger partial charge >= 0.3 is 5.97 Å². The van der Waals surface area contributed by atoms with Crippen LogP contribution in [0.2, 0.25) is 5.02 Å². The Morgan fingerprint density at radius 1 is 1.57 bits per heavy atom. The third kappa shape index (κ3) is 2.56. The highest BCUT2D eigenvalue weighted by Crippen LogP contribution is 2.28. The molecule has 0 saturated heterocycles. The molecule has 1 aromatic heterocycles. The van der Waals surface area contributed by atoms with Crippen molar-refractivity contribution in [3.05, 3.63) is 20.8 Å². The van der Waals surface area contributed by atoms with Crippen LogP contribution in [0.5, 0.6) is 0 Å². The highest BCUT2D eigenvalue weighted by molar-refractivity contribution is 7.14. The second kappa shape index (κ2) is 4.57. The Balaban J connectivity index is 2.89. The molecule has 0 aromatic carbocycles. The third-order valence-corrected chi connectivity index (χ3v) is 3.38. The number of aryl methyl sites for hydroxylation is 1. The number of aliphatic carboxylic acids is 1. The Kier molecular flexibility index (Phi) is 3.66. The summed E-state index contributed by atoms with van der Waals surface area (Å²) in [6, 6.07) is 1.71. The van der Waals surface area contributed by atoms with Gasteiger partial charge in [-0.3, -0.25) is 9.59 Å². The Morgan fingerprint density at radius 3 is 2.64 bits per heavy atom. The van der Waals surface area contributed by atoms with Crippen molar-refractivity contribution in [3.8, 4) is 0 Å². The Hall–Kier alpha value is -0.870. The number of rotatable bonds is 4. The van der Waals surface area contributed by atoms with Crippen molar-refractivity contribution in [2.75, 3.05) is 0 Å². The van der Waals surface area contributed by atoms with Gasteiger partial charge in [-0.05, 0) is 12.5 Å². The van der Waals surface area contributed by atoms with E-state index < -0.39 is 18.2 Å². The summed E-state index contributed by atoms with van der Waals surface area (Å²) in [5, 5.41) is 8.80. The maximum absolute atomic E-state index is 11.4. The summed E-state index contributed by atoms with van der Waals surface area (Å²) < 4.78 is 0. The van der Waals surface area contributed by atoms with Crippen LogP contribution in [0.25, 0.3) is 0 Å². The zero-order chi connectivity index (χ0) is 10.7. The minimum Gasteiger partial charge on any atom is -0.481 e. The highest BCUT2D eigenvalue weighted by atomic mass is 35.5. The molecule has 0 fully saturated rings. The van der Waals surface area contributed by atoms with Crippen LogP contribution in [0.1, 0.15) is 27.9 Å². The first-order valence-electron chi connectivity index (χ1n) is 4.07. The smallest absolute Gasteiger partial charge is 0.311 e. The van der Waals surface area contributed by atoms with E-state index in [9.17, 15) is 9.59 Å². The molecule has 0 aliphatic rings. The summed E-state index contributed by atoms with van der Waals surface area (Å²) in [7, 11) is 0. The Labute approximate surface area is 90.3 Å². The van der Waals surface area contributed by atoms with Crippen molar-refractivity contribution in [1.29, 1.82) is 0 Å². The van der Waals surface area contributed by atoms with Gasteiger partial charge in [-0.1, -0.05) is 18.5 Å². The average Bonchev–Trinajstić information content (AvgIpc) is 2.45. The molecule has 0 bridgehead atoms. The van der Waals surface area contributed by atoms with Crippen LogP contribution < -0.4 is 0 Å². The zero-order valence-electron chi connectivity index (χ0n) is 7.54. The Bertz CT molecular complexity index is 370. The van der Waals surface area contributed by atoms with Crippen molar-refractivity contribution >= 4 is 34.7 Å². The van der Waals surface area contributed by atoms with Crippen LogP contribution in [0.4, 0.5) is 0 Å². The normalized spacial score (nSPS) is 10.1. The predicted molar refractivity (Wildman–Crippen MR) is 55.3 cm³/mol. The molecular weight excluding hydrogens is 224 g/mol. The van der Waals surface area contributed by atoms with E-state index in [2.05, 4.69) is 0 Å². The average molecular weight is 233 g/mol. The number of ketones is 1. The van der Waals surface area contributed by atoms with E-state index in [1.165, 1.54) is 11.3 Å². The van der Waals surface area contributed by atoms with E-state index in [1.54, 1.807) is 6.07 Å². The molecule has 0 atom stereocenters. The van der Waals surface area contributed by atoms with E-state index in [0.717, 1.165) is 11.3 Å². The fourth-order valence-corrected chi connectivity index (χ4v) is 2.34. The molecule has 0 amide bonds. The number of halogens is 1. The molecule has 1 heterocycles. The van der Waals surface area contributed by atoms with Gasteiger partial charge in [0.2, 0.25) is 0 Å². The van der Waals surface area contributed by atoms with Crippen LogP contribution in [0.3, 0.4) is 0 Å². The van der Waals surface area contributed by atoms with E-state index in [-0.39, 0.29) is 0 Å². The number of thiophene rings is 1. The number of carbonyl (C=O) groups excluding carboxylic acids is 1. The lowest BCUT2D eigenvalue weighted by atomic mass is 10.2. The minimum atomic E-state index is -1.13. The first kappa shape index (κ1) is 11.2. The zero-order valence-corrected chi connectivity index (χ0v) is 9.11. The number of hydrogen-bond donors (Lipinski definition) is 1. The van der Waals surface area contributed by atoms with Gasteiger partial charge in [0.15, 0.2) is 5.78 Å². The lowest BCUT2D eigenvalue weighted by Crippen LogP contribution is -2.05. The molecule has 0 saturated carbocycles. The Morgan fingerprint density at radius 2 is 2.21 bits per heavy atom. The van der Waals surface area contributed by atoms with Crippen LogP contribution >= 0.6 is 22.9 Å². The lowest BCUT2D eigenvalue weighted by Gasteiger charge is -1.93. The van der Waals surface area contributed by atoms with Gasteiger partial charge in [0, 0.05) is 4.88 Å². The van der Waals surface area contributed by atoms with Crippen molar-refractivity contribution in [2.45, 2.75) is 19.8 Å². The molecule has 0 unspecified atom stereocenters.